The quantitative estimate of drug-likeness (QED) is 0.810. The predicted molar refractivity (Wildman–Crippen MR) is 58.5 cm³/mol. The summed E-state index contributed by atoms with van der Waals surface area (Å²) in [5.41, 5.74) is -0.588. The van der Waals surface area contributed by atoms with Crippen LogP contribution in [0.4, 0.5) is 13.2 Å². The maximum absolute atomic E-state index is 12.4. The molecule has 0 heterocycles. The van der Waals surface area contributed by atoms with E-state index in [1.807, 2.05) is 0 Å². The molecule has 0 atom stereocenters. The Morgan fingerprint density at radius 1 is 1.16 bits per heavy atom. The summed E-state index contributed by atoms with van der Waals surface area (Å²) in [7, 11) is 0. The van der Waals surface area contributed by atoms with Crippen LogP contribution < -0.4 is 0 Å². The minimum absolute atomic E-state index is 0.0484. The normalized spacial score (nSPS) is 11.6. The molecule has 0 bridgehead atoms. The molecule has 0 aliphatic heterocycles. The second kappa shape index (κ2) is 5.73. The molecule has 0 amide bonds. The number of rotatable bonds is 5. The number of aryl methyl sites for hydroxylation is 1. The Bertz CT molecular complexity index is 468. The molecule has 4 nitrogen and oxygen atoms in total. The van der Waals surface area contributed by atoms with Gasteiger partial charge >= 0.3 is 18.1 Å². The number of carboxylic acid groups (broad SMARTS) is 2. The lowest BCUT2D eigenvalue weighted by Crippen LogP contribution is -2.23. The molecule has 0 aromatic heterocycles. The molecular weight excluding hydrogens is 265 g/mol. The van der Waals surface area contributed by atoms with Crippen LogP contribution in [0.1, 0.15) is 17.5 Å². The van der Waals surface area contributed by atoms with E-state index < -0.39 is 29.6 Å². The highest BCUT2D eigenvalue weighted by Gasteiger charge is 2.30. The van der Waals surface area contributed by atoms with Crippen molar-refractivity contribution in [2.75, 3.05) is 0 Å². The van der Waals surface area contributed by atoms with Crippen molar-refractivity contribution in [2.45, 2.75) is 19.0 Å². The van der Waals surface area contributed by atoms with Crippen molar-refractivity contribution < 1.29 is 33.0 Å². The van der Waals surface area contributed by atoms with Gasteiger partial charge in [0.2, 0.25) is 0 Å². The van der Waals surface area contributed by atoms with Gasteiger partial charge in [-0.1, -0.05) is 18.2 Å². The minimum atomic E-state index is -4.48. The van der Waals surface area contributed by atoms with Gasteiger partial charge in [0.15, 0.2) is 5.92 Å². The summed E-state index contributed by atoms with van der Waals surface area (Å²) in [6.45, 7) is 0. The molecule has 1 aromatic rings. The second-order valence-corrected chi connectivity index (χ2v) is 3.97. The number of aliphatic carboxylic acids is 2. The zero-order valence-corrected chi connectivity index (χ0v) is 9.65. The summed E-state index contributed by atoms with van der Waals surface area (Å²) in [6.07, 6.45) is -4.78. The summed E-state index contributed by atoms with van der Waals surface area (Å²) in [5.74, 6) is -4.62. The minimum Gasteiger partial charge on any atom is -0.481 e. The predicted octanol–water partition coefficient (Wildman–Crippen LogP) is 2.42. The van der Waals surface area contributed by atoms with Crippen LogP contribution in [0.5, 0.6) is 0 Å². The summed E-state index contributed by atoms with van der Waals surface area (Å²) in [4.78, 5) is 21.3. The van der Waals surface area contributed by atoms with E-state index in [9.17, 15) is 22.8 Å². The van der Waals surface area contributed by atoms with Gasteiger partial charge in [-0.15, -0.1) is 0 Å². The summed E-state index contributed by atoms with van der Waals surface area (Å²) < 4.78 is 37.3. The number of carbonyl (C=O) groups is 2. The van der Waals surface area contributed by atoms with Crippen LogP contribution in [0.25, 0.3) is 0 Å². The fourth-order valence-electron chi connectivity index (χ4n) is 1.57. The van der Waals surface area contributed by atoms with Gasteiger partial charge in [-0.05, 0) is 24.5 Å². The van der Waals surface area contributed by atoms with Crippen molar-refractivity contribution in [2.24, 2.45) is 5.92 Å². The second-order valence-electron chi connectivity index (χ2n) is 3.97. The summed E-state index contributed by atoms with van der Waals surface area (Å²) in [6, 6.07) is 4.39. The first-order valence-electron chi connectivity index (χ1n) is 5.33. The van der Waals surface area contributed by atoms with E-state index >= 15 is 0 Å². The lowest BCUT2D eigenvalue weighted by Gasteiger charge is -2.10. The van der Waals surface area contributed by atoms with Crippen LogP contribution in [-0.2, 0) is 22.2 Å². The van der Waals surface area contributed by atoms with Crippen molar-refractivity contribution in [1.82, 2.24) is 0 Å². The van der Waals surface area contributed by atoms with E-state index in [-0.39, 0.29) is 18.4 Å². The van der Waals surface area contributed by atoms with Crippen LogP contribution >= 0.6 is 0 Å². The summed E-state index contributed by atoms with van der Waals surface area (Å²) >= 11 is 0. The van der Waals surface area contributed by atoms with Gasteiger partial charge in [0.25, 0.3) is 0 Å². The number of hydrogen-bond acceptors (Lipinski definition) is 2. The van der Waals surface area contributed by atoms with Gasteiger partial charge in [-0.25, -0.2) is 0 Å². The van der Waals surface area contributed by atoms with Gasteiger partial charge in [0.1, 0.15) is 0 Å². The molecule has 0 saturated carbocycles. The third-order valence-electron chi connectivity index (χ3n) is 2.57. The Hall–Kier alpha value is -2.05. The Balaban J connectivity index is 2.78. The zero-order chi connectivity index (χ0) is 14.6. The molecule has 1 aromatic carbocycles. The van der Waals surface area contributed by atoms with Gasteiger partial charge in [0.05, 0.1) is 5.56 Å². The zero-order valence-electron chi connectivity index (χ0n) is 9.65. The molecule has 1 rings (SSSR count). The van der Waals surface area contributed by atoms with E-state index in [0.29, 0.717) is 0 Å². The molecule has 0 unspecified atom stereocenters. The van der Waals surface area contributed by atoms with Crippen LogP contribution in [-0.4, -0.2) is 22.2 Å². The third-order valence-corrected chi connectivity index (χ3v) is 2.57. The molecule has 0 fully saturated rings. The smallest absolute Gasteiger partial charge is 0.416 e. The highest BCUT2D eigenvalue weighted by atomic mass is 19.4. The Kier molecular flexibility index (Phi) is 4.52. The molecular formula is C12H11F3O4. The molecule has 2 N–H and O–H groups in total. The molecule has 0 aliphatic carbocycles. The largest absolute Gasteiger partial charge is 0.481 e. The first-order valence-corrected chi connectivity index (χ1v) is 5.33. The Morgan fingerprint density at radius 3 is 2.21 bits per heavy atom. The van der Waals surface area contributed by atoms with Crippen molar-refractivity contribution in [3.05, 3.63) is 35.4 Å². The maximum atomic E-state index is 12.4. The van der Waals surface area contributed by atoms with Crippen molar-refractivity contribution in [3.8, 4) is 0 Å². The van der Waals surface area contributed by atoms with Gasteiger partial charge in [-0.3, -0.25) is 9.59 Å². The standard InChI is InChI=1S/C12H11F3O4/c13-12(14,15)8-3-1-2-7(6-8)4-5-9(10(16)17)11(18)19/h1-3,6,9H,4-5H2,(H,16,17)(H,18,19). The third kappa shape index (κ3) is 4.27. The molecule has 0 aliphatic rings. The van der Waals surface area contributed by atoms with Crippen molar-refractivity contribution >= 4 is 11.9 Å². The topological polar surface area (TPSA) is 74.6 Å². The van der Waals surface area contributed by atoms with Gasteiger partial charge < -0.3 is 10.2 Å². The highest BCUT2D eigenvalue weighted by Crippen LogP contribution is 2.29. The highest BCUT2D eigenvalue weighted by molar-refractivity contribution is 5.92. The molecule has 7 heteroatoms. The van der Waals surface area contributed by atoms with Crippen LogP contribution in [0.15, 0.2) is 24.3 Å². The van der Waals surface area contributed by atoms with E-state index in [4.69, 9.17) is 10.2 Å². The van der Waals surface area contributed by atoms with E-state index in [1.54, 1.807) is 0 Å². The van der Waals surface area contributed by atoms with Crippen LogP contribution in [0, 0.1) is 5.92 Å². The number of benzene rings is 1. The average Bonchev–Trinajstić information content (AvgIpc) is 2.27. The first kappa shape index (κ1) is 15.0. The molecule has 19 heavy (non-hydrogen) atoms. The Labute approximate surface area is 106 Å². The van der Waals surface area contributed by atoms with E-state index in [1.165, 1.54) is 12.1 Å². The fourth-order valence-corrected chi connectivity index (χ4v) is 1.57. The maximum Gasteiger partial charge on any atom is 0.416 e. The SMILES string of the molecule is O=C(O)C(CCc1cccc(C(F)(F)F)c1)C(=O)O. The van der Waals surface area contributed by atoms with E-state index in [0.717, 1.165) is 12.1 Å². The van der Waals surface area contributed by atoms with Crippen molar-refractivity contribution in [3.63, 3.8) is 0 Å². The Morgan fingerprint density at radius 2 is 1.74 bits per heavy atom. The lowest BCUT2D eigenvalue weighted by atomic mass is 9.98. The van der Waals surface area contributed by atoms with Gasteiger partial charge in [-0.2, -0.15) is 13.2 Å². The first-order chi connectivity index (χ1) is 8.71. The summed E-state index contributed by atoms with van der Waals surface area (Å²) in [5, 5.41) is 17.3. The molecule has 104 valence electrons. The molecule has 0 spiro atoms. The monoisotopic (exact) mass is 276 g/mol. The van der Waals surface area contributed by atoms with Crippen molar-refractivity contribution in [1.29, 1.82) is 0 Å². The number of alkyl halides is 3. The number of halogens is 3. The fraction of sp³-hybridized carbons (Fsp3) is 0.333. The van der Waals surface area contributed by atoms with Crippen LogP contribution in [0.2, 0.25) is 0 Å². The van der Waals surface area contributed by atoms with Gasteiger partial charge in [0, 0.05) is 0 Å². The average molecular weight is 276 g/mol. The van der Waals surface area contributed by atoms with E-state index in [2.05, 4.69) is 0 Å². The lowest BCUT2D eigenvalue weighted by molar-refractivity contribution is -0.154. The number of carboxylic acids is 2. The molecule has 0 saturated heterocycles. The molecule has 0 radical (unpaired) electrons. The number of hydrogen-bond donors (Lipinski definition) is 2. The van der Waals surface area contributed by atoms with Crippen LogP contribution in [0.3, 0.4) is 0 Å².